The van der Waals surface area contributed by atoms with E-state index in [0.29, 0.717) is 23.7 Å². The van der Waals surface area contributed by atoms with Crippen LogP contribution in [0.5, 0.6) is 0 Å². The van der Waals surface area contributed by atoms with Crippen molar-refractivity contribution in [2.45, 2.75) is 56.9 Å². The van der Waals surface area contributed by atoms with Crippen molar-refractivity contribution in [2.24, 2.45) is 5.92 Å². The van der Waals surface area contributed by atoms with E-state index in [1.54, 1.807) is 18.2 Å². The molecule has 0 unspecified atom stereocenters. The van der Waals surface area contributed by atoms with Crippen LogP contribution in [0.3, 0.4) is 0 Å². The average Bonchev–Trinajstić information content (AvgIpc) is 3.36. The molecule has 1 amide bonds. The summed E-state index contributed by atoms with van der Waals surface area (Å²) in [5.74, 6) is -1.05. The van der Waals surface area contributed by atoms with Crippen LogP contribution >= 0.6 is 0 Å². The lowest BCUT2D eigenvalue weighted by Gasteiger charge is -2.50. The van der Waals surface area contributed by atoms with Gasteiger partial charge in [-0.1, -0.05) is 25.0 Å². The Morgan fingerprint density at radius 2 is 1.85 bits per heavy atom. The Morgan fingerprint density at radius 3 is 2.59 bits per heavy atom. The third kappa shape index (κ3) is 4.65. The molecular formula is C26H29F4N3O. The molecule has 0 radical (unpaired) electrons. The highest BCUT2D eigenvalue weighted by molar-refractivity contribution is 5.82. The molecule has 1 saturated heterocycles. The number of fused-ring (bicyclic) bond motifs is 3. The first kappa shape index (κ1) is 23.1. The summed E-state index contributed by atoms with van der Waals surface area (Å²) in [6.07, 6.45) is 0.589. The topological polar surface area (TPSA) is 35.6 Å². The fraction of sp³-hybridized carbons (Fsp3) is 0.500. The van der Waals surface area contributed by atoms with E-state index < -0.39 is 17.7 Å². The Bertz CT molecular complexity index is 1050. The van der Waals surface area contributed by atoms with Crippen LogP contribution in [0.25, 0.3) is 0 Å². The summed E-state index contributed by atoms with van der Waals surface area (Å²) < 4.78 is 53.7. The quantitative estimate of drug-likeness (QED) is 0.648. The van der Waals surface area contributed by atoms with Crippen LogP contribution in [0.2, 0.25) is 0 Å². The minimum atomic E-state index is -4.43. The lowest BCUT2D eigenvalue weighted by atomic mass is 9.82. The monoisotopic (exact) mass is 475 g/mol. The van der Waals surface area contributed by atoms with E-state index in [9.17, 15) is 22.4 Å². The van der Waals surface area contributed by atoms with Gasteiger partial charge in [0.05, 0.1) is 17.5 Å². The molecule has 34 heavy (non-hydrogen) atoms. The van der Waals surface area contributed by atoms with Crippen molar-refractivity contribution < 1.29 is 22.4 Å². The predicted octanol–water partition coefficient (Wildman–Crippen LogP) is 4.77. The molecule has 2 aromatic rings. The standard InChI is InChI=1S/C26H29F4N3O/c27-20-5-3-4-17(12-20)15-31-25(34)22-14-18-13-19(26(28,29)30)8-9-23(18)33-11-10-32(16-24(22)33)21-6-1-2-7-21/h3-5,8-9,12-13,21-22,24H,1-2,6-7,10-11,14-16H2,(H,31,34)/t22-,24-/m1/s1. The second kappa shape index (κ2) is 9.21. The van der Waals surface area contributed by atoms with E-state index in [0.717, 1.165) is 37.7 Å². The summed E-state index contributed by atoms with van der Waals surface area (Å²) >= 11 is 0. The van der Waals surface area contributed by atoms with Crippen LogP contribution < -0.4 is 10.2 Å². The van der Waals surface area contributed by atoms with E-state index in [-0.39, 0.29) is 30.7 Å². The summed E-state index contributed by atoms with van der Waals surface area (Å²) in [5, 5.41) is 2.92. The number of hydrogen-bond acceptors (Lipinski definition) is 3. The van der Waals surface area contributed by atoms with Crippen LogP contribution in [0.1, 0.15) is 42.4 Å². The maximum absolute atomic E-state index is 13.5. The number of nitrogens with zero attached hydrogens (tertiary/aromatic N) is 2. The van der Waals surface area contributed by atoms with Gasteiger partial charge < -0.3 is 10.2 Å². The number of benzene rings is 2. The van der Waals surface area contributed by atoms with Gasteiger partial charge in [0.1, 0.15) is 5.82 Å². The number of alkyl halides is 3. The van der Waals surface area contributed by atoms with Crippen LogP contribution in [0.4, 0.5) is 23.2 Å². The van der Waals surface area contributed by atoms with E-state index in [1.165, 1.54) is 31.0 Å². The van der Waals surface area contributed by atoms with E-state index in [1.807, 2.05) is 0 Å². The van der Waals surface area contributed by atoms with Crippen molar-refractivity contribution in [3.63, 3.8) is 0 Å². The number of piperazine rings is 1. The fourth-order valence-electron chi connectivity index (χ4n) is 5.89. The molecule has 0 bridgehead atoms. The number of carbonyl (C=O) groups is 1. The van der Waals surface area contributed by atoms with Crippen molar-refractivity contribution >= 4 is 11.6 Å². The smallest absolute Gasteiger partial charge is 0.365 e. The minimum absolute atomic E-state index is 0.105. The summed E-state index contributed by atoms with van der Waals surface area (Å²) in [6, 6.07) is 10.4. The van der Waals surface area contributed by atoms with Gasteiger partial charge in [0.25, 0.3) is 0 Å². The first-order chi connectivity index (χ1) is 16.3. The van der Waals surface area contributed by atoms with Gasteiger partial charge in [-0.15, -0.1) is 0 Å². The Morgan fingerprint density at radius 1 is 1.06 bits per heavy atom. The number of halogens is 4. The zero-order chi connectivity index (χ0) is 23.9. The van der Waals surface area contributed by atoms with Gasteiger partial charge in [-0.2, -0.15) is 13.2 Å². The molecule has 1 saturated carbocycles. The summed E-state index contributed by atoms with van der Waals surface area (Å²) in [6.45, 7) is 2.44. The van der Waals surface area contributed by atoms with E-state index >= 15 is 0 Å². The molecule has 8 heteroatoms. The molecule has 4 nitrogen and oxygen atoms in total. The Labute approximate surface area is 196 Å². The highest BCUT2D eigenvalue weighted by Gasteiger charge is 2.43. The molecule has 182 valence electrons. The lowest BCUT2D eigenvalue weighted by molar-refractivity contribution is -0.137. The zero-order valence-corrected chi connectivity index (χ0v) is 19.0. The van der Waals surface area contributed by atoms with Gasteiger partial charge in [-0.3, -0.25) is 9.69 Å². The molecule has 0 spiro atoms. The zero-order valence-electron chi connectivity index (χ0n) is 19.0. The molecule has 3 aliphatic rings. The largest absolute Gasteiger partial charge is 0.416 e. The van der Waals surface area contributed by atoms with Gasteiger partial charge in [-0.25, -0.2) is 4.39 Å². The van der Waals surface area contributed by atoms with E-state index in [2.05, 4.69) is 15.1 Å². The van der Waals surface area contributed by atoms with Crippen molar-refractivity contribution in [1.29, 1.82) is 0 Å². The fourth-order valence-corrected chi connectivity index (χ4v) is 5.89. The molecule has 2 heterocycles. The van der Waals surface area contributed by atoms with Gasteiger partial charge in [0.15, 0.2) is 0 Å². The molecule has 2 atom stereocenters. The third-order valence-electron chi connectivity index (χ3n) is 7.60. The Hall–Kier alpha value is -2.61. The van der Waals surface area contributed by atoms with Crippen LogP contribution in [-0.4, -0.2) is 42.5 Å². The molecule has 0 aromatic heterocycles. The second-order valence-corrected chi connectivity index (χ2v) is 9.69. The summed E-state index contributed by atoms with van der Waals surface area (Å²) in [5.41, 5.74) is 1.33. The molecular weight excluding hydrogens is 446 g/mol. The van der Waals surface area contributed by atoms with E-state index in [4.69, 9.17) is 0 Å². The molecule has 5 rings (SSSR count). The van der Waals surface area contributed by atoms with Gasteiger partial charge >= 0.3 is 6.18 Å². The number of rotatable bonds is 4. The SMILES string of the molecule is O=C(NCc1cccc(F)c1)[C@@H]1Cc2cc(C(F)(F)F)ccc2N2CCN(C3CCCC3)C[C@H]12. The van der Waals surface area contributed by atoms with Crippen LogP contribution in [-0.2, 0) is 23.9 Å². The second-order valence-electron chi connectivity index (χ2n) is 9.69. The predicted molar refractivity (Wildman–Crippen MR) is 122 cm³/mol. The summed E-state index contributed by atoms with van der Waals surface area (Å²) in [7, 11) is 0. The number of carbonyl (C=O) groups excluding carboxylic acids is 1. The molecule has 2 fully saturated rings. The average molecular weight is 476 g/mol. The van der Waals surface area contributed by atoms with Crippen LogP contribution in [0.15, 0.2) is 42.5 Å². The summed E-state index contributed by atoms with van der Waals surface area (Å²) in [4.78, 5) is 18.0. The Balaban J connectivity index is 1.41. The maximum atomic E-state index is 13.5. The highest BCUT2D eigenvalue weighted by Crippen LogP contribution is 2.40. The molecule has 1 N–H and O–H groups in total. The van der Waals surface area contributed by atoms with Crippen molar-refractivity contribution in [3.05, 3.63) is 65.0 Å². The van der Waals surface area contributed by atoms with Crippen LogP contribution in [0, 0.1) is 11.7 Å². The van der Waals surface area contributed by atoms with Crippen molar-refractivity contribution in [3.8, 4) is 0 Å². The third-order valence-corrected chi connectivity index (χ3v) is 7.60. The normalized spacial score (nSPS) is 23.5. The minimum Gasteiger partial charge on any atom is -0.365 e. The molecule has 2 aromatic carbocycles. The van der Waals surface area contributed by atoms with Crippen molar-refractivity contribution in [2.75, 3.05) is 24.5 Å². The Kier molecular flexibility index (Phi) is 6.27. The number of hydrogen-bond donors (Lipinski definition) is 1. The lowest BCUT2D eigenvalue weighted by Crippen LogP contribution is -2.62. The molecule has 2 aliphatic heterocycles. The number of amides is 1. The first-order valence-electron chi connectivity index (χ1n) is 12.0. The van der Waals surface area contributed by atoms with Gasteiger partial charge in [0, 0.05) is 37.9 Å². The molecule has 1 aliphatic carbocycles. The first-order valence-corrected chi connectivity index (χ1v) is 12.0. The van der Waals surface area contributed by atoms with Crippen molar-refractivity contribution in [1.82, 2.24) is 10.2 Å². The number of nitrogens with one attached hydrogen (secondary N) is 1. The highest BCUT2D eigenvalue weighted by atomic mass is 19.4. The maximum Gasteiger partial charge on any atom is 0.416 e. The van der Waals surface area contributed by atoms with Gasteiger partial charge in [0.2, 0.25) is 5.91 Å². The number of anilines is 1. The van der Waals surface area contributed by atoms with Gasteiger partial charge in [-0.05, 0) is 60.7 Å².